The van der Waals surface area contributed by atoms with Crippen LogP contribution in [0.5, 0.6) is 0 Å². The molecule has 25 nitrogen and oxygen atoms in total. The maximum Gasteiger partial charge on any atom is 0.470 e. The minimum absolute atomic E-state index is 0.736. The lowest BCUT2D eigenvalue weighted by Crippen LogP contribution is -2.67. The van der Waals surface area contributed by atoms with Gasteiger partial charge in [0.15, 0.2) is 25.2 Å². The number of amides is 1. The molecule has 0 aromatic rings. The Morgan fingerprint density at radius 3 is 1.65 bits per heavy atom. The lowest BCUT2D eigenvalue weighted by atomic mass is 9.95. The molecule has 26 heteroatoms. The number of hydrogen-bond donors (Lipinski definition) is 15. The molecule has 4 fully saturated rings. The Morgan fingerprint density at radius 1 is 0.596 bits per heavy atom. The molecule has 1 amide bonds. The van der Waals surface area contributed by atoms with Gasteiger partial charge in [-0.25, -0.2) is 4.57 Å². The molecule has 4 aliphatic heterocycles. The molecule has 4 aliphatic rings. The van der Waals surface area contributed by atoms with Crippen molar-refractivity contribution in [2.24, 2.45) is 0 Å². The SMILES string of the molecule is CC(=O)N[C@H]1C(O)O[C@H](CO)[C@@H](O[C@H]2O[C@H](CO[C@H]3O[C@H](CO)[C@@H](O)[C@H](O)[C@@H]3O[C@H]3O[C@H](CO)[C@@H](O)[C@H](O)[C@@H]3O)[C@@H](O)[C@H](O)[C@@H]2OP(=O)(O)O)[C@@H]1O. The number of nitrogens with one attached hydrogen (secondary N) is 1. The number of carbonyl (C=O) groups is 1. The van der Waals surface area contributed by atoms with Gasteiger partial charge in [0.05, 0.1) is 26.4 Å². The molecule has 0 aromatic heterocycles. The van der Waals surface area contributed by atoms with E-state index in [2.05, 4.69) is 9.84 Å². The van der Waals surface area contributed by atoms with Crippen molar-refractivity contribution in [1.82, 2.24) is 5.32 Å². The third-order valence-electron chi connectivity index (χ3n) is 8.83. The van der Waals surface area contributed by atoms with Crippen LogP contribution in [0.3, 0.4) is 0 Å². The van der Waals surface area contributed by atoms with Crippen LogP contribution in [0.25, 0.3) is 0 Å². The van der Waals surface area contributed by atoms with Gasteiger partial charge in [-0.05, 0) is 0 Å². The van der Waals surface area contributed by atoms with E-state index in [9.17, 15) is 80.4 Å². The van der Waals surface area contributed by atoms with Crippen molar-refractivity contribution in [3.05, 3.63) is 0 Å². The molecule has 4 saturated heterocycles. The fraction of sp³-hybridized carbons (Fsp3) is 0.962. The first-order chi connectivity index (χ1) is 24.3. The highest BCUT2D eigenvalue weighted by Gasteiger charge is 2.55. The summed E-state index contributed by atoms with van der Waals surface area (Å²) >= 11 is 0. The highest BCUT2D eigenvalue weighted by atomic mass is 31.2. The first kappa shape index (κ1) is 43.5. The number of ether oxygens (including phenoxy) is 7. The number of hydrogen-bond acceptors (Lipinski definition) is 22. The molecule has 0 spiro atoms. The molecule has 0 saturated carbocycles. The summed E-state index contributed by atoms with van der Waals surface area (Å²) < 4.78 is 54.9. The van der Waals surface area contributed by atoms with Crippen molar-refractivity contribution < 1.29 is 118 Å². The van der Waals surface area contributed by atoms with E-state index in [1.807, 2.05) is 0 Å². The highest BCUT2D eigenvalue weighted by Crippen LogP contribution is 2.42. The average Bonchev–Trinajstić information content (AvgIpc) is 3.08. The standard InChI is InChI=1S/C26H46NO24P/c1-6(31)27-11-15(35)20(9(4-30)45-23(11)40)49-26-22(51-52(41,42)43)18(38)14(34)10(48-26)5-44-25-21(17(37)13(33)8(3-29)47-25)50-24-19(39)16(36)12(32)7(2-28)46-24/h7-26,28-30,32-40H,2-5H2,1H3,(H,27,31)(H2,41,42,43)/t7-,8-,9-,10-,11-,12-,13-,14-,15-,16+,17+,18+,19+,20-,21+,22+,23?,24-,25+,26-/m1/s1. The van der Waals surface area contributed by atoms with E-state index in [-0.39, 0.29) is 0 Å². The molecule has 4 rings (SSSR count). The molecule has 1 unspecified atom stereocenters. The van der Waals surface area contributed by atoms with Crippen LogP contribution in [0, 0.1) is 0 Å². The van der Waals surface area contributed by atoms with Crippen molar-refractivity contribution in [3.63, 3.8) is 0 Å². The quantitative estimate of drug-likeness (QED) is 0.0770. The summed E-state index contributed by atoms with van der Waals surface area (Å²) in [7, 11) is -5.49. The third kappa shape index (κ3) is 9.78. The normalized spacial score (nSPS) is 47.6. The van der Waals surface area contributed by atoms with Crippen molar-refractivity contribution in [1.29, 1.82) is 0 Å². The molecular weight excluding hydrogens is 741 g/mol. The molecule has 15 N–H and O–H groups in total. The smallest absolute Gasteiger partial charge is 0.394 e. The van der Waals surface area contributed by atoms with Crippen LogP contribution in [0.1, 0.15) is 6.92 Å². The van der Waals surface area contributed by atoms with Gasteiger partial charge in [-0.1, -0.05) is 0 Å². The maximum atomic E-state index is 11.8. The number of phosphoric acid groups is 1. The predicted molar refractivity (Wildman–Crippen MR) is 156 cm³/mol. The molecule has 52 heavy (non-hydrogen) atoms. The van der Waals surface area contributed by atoms with Crippen LogP contribution in [-0.2, 0) is 47.0 Å². The lowest BCUT2D eigenvalue weighted by molar-refractivity contribution is -0.376. The molecule has 0 bridgehead atoms. The first-order valence-electron chi connectivity index (χ1n) is 15.8. The topological polar surface area (TPSA) is 403 Å². The number of aliphatic hydroxyl groups excluding tert-OH is 12. The van der Waals surface area contributed by atoms with Crippen LogP contribution in [0.15, 0.2) is 0 Å². The van der Waals surface area contributed by atoms with Gasteiger partial charge < -0.3 is 110 Å². The summed E-state index contributed by atoms with van der Waals surface area (Å²) in [6, 6.07) is -1.57. The van der Waals surface area contributed by atoms with Crippen LogP contribution >= 0.6 is 7.82 Å². The second kappa shape index (κ2) is 18.2. The van der Waals surface area contributed by atoms with E-state index >= 15 is 0 Å². The predicted octanol–water partition coefficient (Wildman–Crippen LogP) is -9.49. The molecule has 0 radical (unpaired) electrons. The number of phosphoric ester groups is 1. The number of aliphatic hydroxyl groups is 12. The van der Waals surface area contributed by atoms with Gasteiger partial charge in [0, 0.05) is 6.92 Å². The second-order valence-electron chi connectivity index (χ2n) is 12.5. The van der Waals surface area contributed by atoms with Crippen LogP contribution in [-0.4, -0.2) is 226 Å². The summed E-state index contributed by atoms with van der Waals surface area (Å²) in [6.45, 7) is -2.54. The Balaban J connectivity index is 1.57. The van der Waals surface area contributed by atoms with E-state index in [0.717, 1.165) is 6.92 Å². The second-order valence-corrected chi connectivity index (χ2v) is 13.7. The van der Waals surface area contributed by atoms with Crippen LogP contribution in [0.2, 0.25) is 0 Å². The minimum Gasteiger partial charge on any atom is -0.394 e. The lowest BCUT2D eigenvalue weighted by Gasteiger charge is -2.48. The van der Waals surface area contributed by atoms with Crippen molar-refractivity contribution in [2.45, 2.75) is 130 Å². The Labute approximate surface area is 293 Å². The fourth-order valence-electron chi connectivity index (χ4n) is 6.08. The first-order valence-corrected chi connectivity index (χ1v) is 17.4. The zero-order chi connectivity index (χ0) is 38.8. The van der Waals surface area contributed by atoms with Crippen molar-refractivity contribution in [2.75, 3.05) is 26.4 Å². The maximum absolute atomic E-state index is 11.8. The Kier molecular flexibility index (Phi) is 15.2. The average molecular weight is 788 g/mol. The number of rotatable bonds is 13. The summed E-state index contributed by atoms with van der Waals surface area (Å²) in [4.78, 5) is 30.7. The molecular formula is C26H46NO24P. The van der Waals surface area contributed by atoms with Gasteiger partial charge in [0.1, 0.15) is 97.6 Å². The summed E-state index contributed by atoms with van der Waals surface area (Å²) in [5.74, 6) is -0.736. The molecule has 0 aliphatic carbocycles. The summed E-state index contributed by atoms with van der Waals surface area (Å²) in [6.07, 6.45) is -35.8. The zero-order valence-electron chi connectivity index (χ0n) is 27.2. The Hall–Kier alpha value is -1.18. The van der Waals surface area contributed by atoms with E-state index < -0.39 is 163 Å². The van der Waals surface area contributed by atoms with Gasteiger partial charge in [-0.15, -0.1) is 0 Å². The Morgan fingerprint density at radius 2 is 1.10 bits per heavy atom. The molecule has 4 heterocycles. The monoisotopic (exact) mass is 787 g/mol. The molecule has 20 atom stereocenters. The van der Waals surface area contributed by atoms with Crippen LogP contribution in [0.4, 0.5) is 0 Å². The van der Waals surface area contributed by atoms with Crippen molar-refractivity contribution >= 4 is 13.7 Å². The van der Waals surface area contributed by atoms with Gasteiger partial charge in [0.2, 0.25) is 5.91 Å². The molecule has 304 valence electrons. The summed E-state index contributed by atoms with van der Waals surface area (Å²) in [5.41, 5.74) is 0. The van der Waals surface area contributed by atoms with Gasteiger partial charge in [-0.3, -0.25) is 9.32 Å². The van der Waals surface area contributed by atoms with E-state index in [1.54, 1.807) is 0 Å². The highest BCUT2D eigenvalue weighted by molar-refractivity contribution is 7.46. The Bertz CT molecular complexity index is 1200. The number of carbonyl (C=O) groups excluding carboxylic acids is 1. The zero-order valence-corrected chi connectivity index (χ0v) is 28.1. The molecule has 0 aromatic carbocycles. The minimum atomic E-state index is -5.49. The van der Waals surface area contributed by atoms with Crippen LogP contribution < -0.4 is 5.32 Å². The van der Waals surface area contributed by atoms with E-state index in [4.69, 9.17) is 33.2 Å². The summed E-state index contributed by atoms with van der Waals surface area (Å²) in [5, 5.41) is 126. The van der Waals surface area contributed by atoms with E-state index in [1.165, 1.54) is 0 Å². The van der Waals surface area contributed by atoms with Crippen molar-refractivity contribution in [3.8, 4) is 0 Å². The largest absolute Gasteiger partial charge is 0.470 e. The van der Waals surface area contributed by atoms with Gasteiger partial charge in [-0.2, -0.15) is 0 Å². The van der Waals surface area contributed by atoms with Gasteiger partial charge in [0.25, 0.3) is 0 Å². The van der Waals surface area contributed by atoms with Gasteiger partial charge >= 0.3 is 7.82 Å². The van der Waals surface area contributed by atoms with E-state index in [0.29, 0.717) is 0 Å². The third-order valence-corrected chi connectivity index (χ3v) is 9.34. The fourth-order valence-corrected chi connectivity index (χ4v) is 6.62.